The summed E-state index contributed by atoms with van der Waals surface area (Å²) in [5, 5.41) is 3.34. The first-order chi connectivity index (χ1) is 16.9. The highest BCUT2D eigenvalue weighted by Gasteiger charge is 2.32. The van der Waals surface area contributed by atoms with Gasteiger partial charge < -0.3 is 15.0 Å². The molecule has 0 aliphatic carbocycles. The molecule has 1 N–H and O–H groups in total. The lowest BCUT2D eigenvalue weighted by Crippen LogP contribution is -2.53. The van der Waals surface area contributed by atoms with E-state index in [1.165, 1.54) is 4.90 Å². The number of nitrogens with one attached hydrogen (secondary N) is 1. The van der Waals surface area contributed by atoms with Gasteiger partial charge in [0.15, 0.2) is 0 Å². The minimum atomic E-state index is -3.84. The van der Waals surface area contributed by atoms with E-state index in [1.807, 2.05) is 26.8 Å². The molecular formula is C26H36ClN3O5S. The molecule has 0 aliphatic rings. The van der Waals surface area contributed by atoms with Crippen LogP contribution in [0.5, 0.6) is 5.75 Å². The molecule has 2 amide bonds. The van der Waals surface area contributed by atoms with E-state index in [2.05, 4.69) is 5.32 Å². The van der Waals surface area contributed by atoms with E-state index in [0.717, 1.165) is 22.5 Å². The number of sulfonamides is 1. The molecule has 10 heteroatoms. The zero-order chi connectivity index (χ0) is 27.0. The van der Waals surface area contributed by atoms with Gasteiger partial charge in [-0.25, -0.2) is 8.42 Å². The van der Waals surface area contributed by atoms with Gasteiger partial charge in [0, 0.05) is 17.6 Å². The standard InChI is InChI=1S/C26H36ClN3O5S/c1-7-18(3)28-26(32)23(8-2)29(16-20-11-9-12-21(15-20)35-5)25(31)17-30(36(6,33)34)24-14-10-13-22(27)19(24)4/h9-15,18,23H,7-8,16-17H2,1-6H3,(H,28,32)/t18-,23-/m0/s1. The van der Waals surface area contributed by atoms with Gasteiger partial charge in [-0.05, 0) is 62.1 Å². The molecule has 36 heavy (non-hydrogen) atoms. The average Bonchev–Trinajstić information content (AvgIpc) is 2.83. The number of ether oxygens (including phenoxy) is 1. The van der Waals surface area contributed by atoms with Crippen LogP contribution in [-0.2, 0) is 26.2 Å². The fraction of sp³-hybridized carbons (Fsp3) is 0.462. The molecule has 0 bridgehead atoms. The van der Waals surface area contributed by atoms with Gasteiger partial charge >= 0.3 is 0 Å². The molecule has 2 aromatic rings. The van der Waals surface area contributed by atoms with Crippen molar-refractivity contribution >= 4 is 39.1 Å². The summed E-state index contributed by atoms with van der Waals surface area (Å²) in [5.74, 6) is -0.175. The van der Waals surface area contributed by atoms with E-state index < -0.39 is 28.5 Å². The number of anilines is 1. The number of nitrogens with zero attached hydrogens (tertiary/aromatic N) is 2. The summed E-state index contributed by atoms with van der Waals surface area (Å²) in [5.41, 5.74) is 1.61. The molecule has 0 fully saturated rings. The fourth-order valence-electron chi connectivity index (χ4n) is 3.79. The second kappa shape index (κ2) is 13.0. The van der Waals surface area contributed by atoms with Crippen molar-refractivity contribution in [2.45, 2.75) is 59.2 Å². The van der Waals surface area contributed by atoms with Crippen LogP contribution in [0.1, 0.15) is 44.7 Å². The summed E-state index contributed by atoms with van der Waals surface area (Å²) < 4.78 is 31.9. The number of hydrogen-bond donors (Lipinski definition) is 1. The smallest absolute Gasteiger partial charge is 0.244 e. The van der Waals surface area contributed by atoms with Crippen molar-refractivity contribution in [2.75, 3.05) is 24.2 Å². The lowest BCUT2D eigenvalue weighted by Gasteiger charge is -2.33. The van der Waals surface area contributed by atoms with E-state index in [4.69, 9.17) is 16.3 Å². The van der Waals surface area contributed by atoms with Gasteiger partial charge in [-0.2, -0.15) is 0 Å². The Morgan fingerprint density at radius 1 is 1.11 bits per heavy atom. The minimum Gasteiger partial charge on any atom is -0.497 e. The molecule has 2 atom stereocenters. The summed E-state index contributed by atoms with van der Waals surface area (Å²) in [6, 6.07) is 11.2. The van der Waals surface area contributed by atoms with Crippen LogP contribution in [0.4, 0.5) is 5.69 Å². The highest BCUT2D eigenvalue weighted by atomic mass is 35.5. The number of rotatable bonds is 12. The third-order valence-electron chi connectivity index (χ3n) is 6.06. The molecule has 0 heterocycles. The number of methoxy groups -OCH3 is 1. The van der Waals surface area contributed by atoms with Crippen molar-refractivity contribution in [3.63, 3.8) is 0 Å². The number of benzene rings is 2. The second-order valence-electron chi connectivity index (χ2n) is 8.77. The largest absolute Gasteiger partial charge is 0.497 e. The van der Waals surface area contributed by atoms with Crippen LogP contribution in [0.25, 0.3) is 0 Å². The fourth-order valence-corrected chi connectivity index (χ4v) is 4.86. The highest BCUT2D eigenvalue weighted by Crippen LogP contribution is 2.28. The highest BCUT2D eigenvalue weighted by molar-refractivity contribution is 7.92. The molecule has 0 saturated carbocycles. The Labute approximate surface area is 219 Å². The number of halogens is 1. The van der Waals surface area contributed by atoms with Gasteiger partial charge in [-0.1, -0.05) is 43.6 Å². The molecule has 2 aromatic carbocycles. The van der Waals surface area contributed by atoms with Crippen LogP contribution in [0.2, 0.25) is 5.02 Å². The van der Waals surface area contributed by atoms with Crippen molar-refractivity contribution in [1.82, 2.24) is 10.2 Å². The summed E-state index contributed by atoms with van der Waals surface area (Å²) in [6.45, 7) is 7.01. The van der Waals surface area contributed by atoms with Crippen molar-refractivity contribution in [3.05, 3.63) is 58.6 Å². The van der Waals surface area contributed by atoms with Crippen molar-refractivity contribution < 1.29 is 22.7 Å². The lowest BCUT2D eigenvalue weighted by atomic mass is 10.1. The molecular weight excluding hydrogens is 502 g/mol. The van der Waals surface area contributed by atoms with Crippen molar-refractivity contribution in [2.24, 2.45) is 0 Å². The van der Waals surface area contributed by atoms with E-state index in [9.17, 15) is 18.0 Å². The van der Waals surface area contributed by atoms with Crippen molar-refractivity contribution in [1.29, 1.82) is 0 Å². The van der Waals surface area contributed by atoms with Crippen LogP contribution in [0.3, 0.4) is 0 Å². The summed E-state index contributed by atoms with van der Waals surface area (Å²) >= 11 is 6.24. The lowest BCUT2D eigenvalue weighted by molar-refractivity contribution is -0.140. The van der Waals surface area contributed by atoms with Gasteiger partial charge in [0.25, 0.3) is 0 Å². The van der Waals surface area contributed by atoms with Gasteiger partial charge in [-0.3, -0.25) is 13.9 Å². The van der Waals surface area contributed by atoms with Crippen LogP contribution in [0.15, 0.2) is 42.5 Å². The van der Waals surface area contributed by atoms with Gasteiger partial charge in [0.2, 0.25) is 21.8 Å². The number of carbonyl (C=O) groups excluding carboxylic acids is 2. The number of carbonyl (C=O) groups is 2. The average molecular weight is 538 g/mol. The van der Waals surface area contributed by atoms with Crippen LogP contribution < -0.4 is 14.4 Å². The first-order valence-electron chi connectivity index (χ1n) is 11.9. The zero-order valence-electron chi connectivity index (χ0n) is 21.7. The molecule has 0 aromatic heterocycles. The Hall–Kier alpha value is -2.78. The van der Waals surface area contributed by atoms with Gasteiger partial charge in [0.1, 0.15) is 18.3 Å². The topological polar surface area (TPSA) is 96.0 Å². The third-order valence-corrected chi connectivity index (χ3v) is 7.60. The molecule has 0 unspecified atom stereocenters. The molecule has 0 spiro atoms. The predicted octanol–water partition coefficient (Wildman–Crippen LogP) is 4.15. The van der Waals surface area contributed by atoms with E-state index in [-0.39, 0.29) is 18.5 Å². The first-order valence-corrected chi connectivity index (χ1v) is 14.1. The van der Waals surface area contributed by atoms with Gasteiger partial charge in [-0.15, -0.1) is 0 Å². The normalized spacial score (nSPS) is 13.0. The molecule has 0 saturated heterocycles. The molecule has 198 valence electrons. The maximum atomic E-state index is 13.8. The van der Waals surface area contributed by atoms with Crippen molar-refractivity contribution in [3.8, 4) is 5.75 Å². The molecule has 8 nitrogen and oxygen atoms in total. The predicted molar refractivity (Wildman–Crippen MR) is 144 cm³/mol. The number of hydrogen-bond acceptors (Lipinski definition) is 5. The Bertz CT molecular complexity index is 1170. The van der Waals surface area contributed by atoms with Gasteiger partial charge in [0.05, 0.1) is 19.1 Å². The Morgan fingerprint density at radius 3 is 2.36 bits per heavy atom. The Balaban J connectivity index is 2.50. The van der Waals surface area contributed by atoms with Crippen LogP contribution in [0, 0.1) is 6.92 Å². The summed E-state index contributed by atoms with van der Waals surface area (Å²) in [4.78, 5) is 28.4. The zero-order valence-corrected chi connectivity index (χ0v) is 23.3. The summed E-state index contributed by atoms with van der Waals surface area (Å²) in [6.07, 6.45) is 2.13. The molecule has 0 radical (unpaired) electrons. The van der Waals surface area contributed by atoms with Crippen LogP contribution in [-0.4, -0.2) is 57.1 Å². The molecule has 2 rings (SSSR count). The third kappa shape index (κ3) is 7.61. The molecule has 0 aliphatic heterocycles. The monoisotopic (exact) mass is 537 g/mol. The maximum Gasteiger partial charge on any atom is 0.244 e. The Kier molecular flexibility index (Phi) is 10.6. The maximum absolute atomic E-state index is 13.8. The van der Waals surface area contributed by atoms with E-state index >= 15 is 0 Å². The SMILES string of the molecule is CC[C@H](C)NC(=O)[C@H](CC)N(Cc1cccc(OC)c1)C(=O)CN(c1cccc(Cl)c1C)S(C)(=O)=O. The number of amides is 2. The van der Waals surface area contributed by atoms with E-state index in [1.54, 1.807) is 50.4 Å². The van der Waals surface area contributed by atoms with E-state index in [0.29, 0.717) is 28.4 Å². The minimum absolute atomic E-state index is 0.0676. The quantitative estimate of drug-likeness (QED) is 0.439. The Morgan fingerprint density at radius 2 is 1.78 bits per heavy atom. The van der Waals surface area contributed by atoms with Crippen LogP contribution >= 0.6 is 11.6 Å². The summed E-state index contributed by atoms with van der Waals surface area (Å²) in [7, 11) is -2.29. The second-order valence-corrected chi connectivity index (χ2v) is 11.1. The first kappa shape index (κ1) is 29.5.